The number of aromatic amines is 1. The van der Waals surface area contributed by atoms with Gasteiger partial charge in [0.05, 0.1) is 5.69 Å². The number of aromatic nitrogens is 3. The van der Waals surface area contributed by atoms with Crippen LogP contribution in [0, 0.1) is 0 Å². The van der Waals surface area contributed by atoms with Crippen molar-refractivity contribution in [2.45, 2.75) is 19.4 Å². The molecule has 2 rings (SSSR count). The number of H-pyrrole nitrogens is 1. The van der Waals surface area contributed by atoms with E-state index >= 15 is 0 Å². The normalized spacial score (nSPS) is 12.4. The molecule has 0 spiro atoms. The van der Waals surface area contributed by atoms with Gasteiger partial charge < -0.3 is 16.0 Å². The molecule has 0 saturated carbocycles. The van der Waals surface area contributed by atoms with Crippen LogP contribution in [0.15, 0.2) is 30.6 Å². The molecular weight excluding hydrogens is 214 g/mol. The highest BCUT2D eigenvalue weighted by Gasteiger charge is 2.04. The second-order valence-corrected chi connectivity index (χ2v) is 4.03. The first kappa shape index (κ1) is 11.6. The van der Waals surface area contributed by atoms with E-state index in [0.717, 1.165) is 23.5 Å². The summed E-state index contributed by atoms with van der Waals surface area (Å²) in [5.74, 6) is 0.783. The maximum absolute atomic E-state index is 5.49. The zero-order chi connectivity index (χ0) is 12.1. The first-order valence-electron chi connectivity index (χ1n) is 5.73. The standard InChI is InChI=1S/C12H17N5/c1-9(4-6-13)15-12-3-2-11(16-17-12)10-5-7-14-8-10/h2-3,5,7-9,14H,4,6,13H2,1H3,(H,15,17). The lowest BCUT2D eigenvalue weighted by atomic mass is 10.2. The van der Waals surface area contributed by atoms with Crippen molar-refractivity contribution in [1.29, 1.82) is 0 Å². The second-order valence-electron chi connectivity index (χ2n) is 4.03. The molecule has 0 bridgehead atoms. The molecule has 90 valence electrons. The molecule has 0 aromatic carbocycles. The first-order valence-corrected chi connectivity index (χ1v) is 5.73. The number of hydrogen-bond donors (Lipinski definition) is 3. The lowest BCUT2D eigenvalue weighted by Gasteiger charge is -2.12. The number of nitrogens with zero attached hydrogens (tertiary/aromatic N) is 2. The van der Waals surface area contributed by atoms with Gasteiger partial charge in [0.1, 0.15) is 5.82 Å². The molecule has 2 heterocycles. The van der Waals surface area contributed by atoms with Gasteiger partial charge in [0.15, 0.2) is 0 Å². The predicted molar refractivity (Wildman–Crippen MR) is 68.6 cm³/mol. The zero-order valence-corrected chi connectivity index (χ0v) is 9.85. The van der Waals surface area contributed by atoms with Crippen molar-refractivity contribution in [2.75, 3.05) is 11.9 Å². The monoisotopic (exact) mass is 231 g/mol. The van der Waals surface area contributed by atoms with Crippen LogP contribution in [0.2, 0.25) is 0 Å². The summed E-state index contributed by atoms with van der Waals surface area (Å²) in [6.45, 7) is 2.75. The van der Waals surface area contributed by atoms with Crippen LogP contribution in [-0.4, -0.2) is 27.8 Å². The molecule has 17 heavy (non-hydrogen) atoms. The van der Waals surface area contributed by atoms with Gasteiger partial charge in [-0.15, -0.1) is 10.2 Å². The van der Waals surface area contributed by atoms with Gasteiger partial charge in [-0.05, 0) is 38.1 Å². The van der Waals surface area contributed by atoms with Gasteiger partial charge in [0.25, 0.3) is 0 Å². The second kappa shape index (κ2) is 5.45. The van der Waals surface area contributed by atoms with Crippen LogP contribution in [0.1, 0.15) is 13.3 Å². The molecule has 0 aliphatic heterocycles. The fraction of sp³-hybridized carbons (Fsp3) is 0.333. The van der Waals surface area contributed by atoms with Gasteiger partial charge in [-0.3, -0.25) is 0 Å². The molecule has 5 heteroatoms. The highest BCUT2D eigenvalue weighted by atomic mass is 15.2. The topological polar surface area (TPSA) is 79.6 Å². The van der Waals surface area contributed by atoms with E-state index in [1.165, 1.54) is 0 Å². The minimum absolute atomic E-state index is 0.312. The summed E-state index contributed by atoms with van der Waals surface area (Å²) in [6.07, 6.45) is 4.68. The predicted octanol–water partition coefficient (Wildman–Crippen LogP) is 1.62. The summed E-state index contributed by atoms with van der Waals surface area (Å²) in [7, 11) is 0. The Morgan fingerprint density at radius 3 is 2.82 bits per heavy atom. The van der Waals surface area contributed by atoms with Crippen LogP contribution in [0.5, 0.6) is 0 Å². The molecule has 2 aromatic rings. The summed E-state index contributed by atoms with van der Waals surface area (Å²) in [5.41, 5.74) is 7.40. The summed E-state index contributed by atoms with van der Waals surface area (Å²) >= 11 is 0. The Morgan fingerprint density at radius 2 is 2.24 bits per heavy atom. The van der Waals surface area contributed by atoms with Crippen LogP contribution >= 0.6 is 0 Å². The van der Waals surface area contributed by atoms with Gasteiger partial charge in [0, 0.05) is 24.0 Å². The molecule has 4 N–H and O–H groups in total. The highest BCUT2D eigenvalue weighted by molar-refractivity contribution is 5.58. The quantitative estimate of drug-likeness (QED) is 0.730. The third-order valence-electron chi connectivity index (χ3n) is 2.55. The van der Waals surface area contributed by atoms with Crippen molar-refractivity contribution in [3.05, 3.63) is 30.6 Å². The van der Waals surface area contributed by atoms with Crippen molar-refractivity contribution in [3.8, 4) is 11.3 Å². The Labute approximate surface area is 100 Å². The lowest BCUT2D eigenvalue weighted by Crippen LogP contribution is -2.20. The average molecular weight is 231 g/mol. The molecular formula is C12H17N5. The SMILES string of the molecule is CC(CCN)Nc1ccc(-c2cc[nH]c2)nn1. The van der Waals surface area contributed by atoms with Gasteiger partial charge >= 0.3 is 0 Å². The van der Waals surface area contributed by atoms with Crippen LogP contribution in [0.3, 0.4) is 0 Å². The lowest BCUT2D eigenvalue weighted by molar-refractivity contribution is 0.711. The maximum Gasteiger partial charge on any atom is 0.148 e. The molecule has 0 fully saturated rings. The first-order chi connectivity index (χ1) is 8.29. The third-order valence-corrected chi connectivity index (χ3v) is 2.55. The van der Waals surface area contributed by atoms with E-state index in [1.807, 2.05) is 30.6 Å². The molecule has 0 aliphatic carbocycles. The molecule has 0 saturated heterocycles. The summed E-state index contributed by atoms with van der Waals surface area (Å²) in [4.78, 5) is 2.99. The smallest absolute Gasteiger partial charge is 0.148 e. The van der Waals surface area contributed by atoms with Crippen LogP contribution in [0.25, 0.3) is 11.3 Å². The van der Waals surface area contributed by atoms with E-state index in [2.05, 4.69) is 27.4 Å². The molecule has 0 radical (unpaired) electrons. The third kappa shape index (κ3) is 3.04. The highest BCUT2D eigenvalue weighted by Crippen LogP contribution is 2.16. The summed E-state index contributed by atoms with van der Waals surface area (Å²) in [6, 6.07) is 6.16. The largest absolute Gasteiger partial charge is 0.367 e. The van der Waals surface area contributed by atoms with E-state index in [-0.39, 0.29) is 0 Å². The minimum Gasteiger partial charge on any atom is -0.367 e. The van der Waals surface area contributed by atoms with Crippen LogP contribution < -0.4 is 11.1 Å². The van der Waals surface area contributed by atoms with Gasteiger partial charge in [-0.1, -0.05) is 0 Å². The van der Waals surface area contributed by atoms with Gasteiger partial charge in [-0.2, -0.15) is 0 Å². The van der Waals surface area contributed by atoms with E-state index in [4.69, 9.17) is 5.73 Å². The van der Waals surface area contributed by atoms with Crippen molar-refractivity contribution < 1.29 is 0 Å². The Kier molecular flexibility index (Phi) is 3.72. The number of anilines is 1. The number of nitrogens with one attached hydrogen (secondary N) is 2. The van der Waals surface area contributed by atoms with Crippen LogP contribution in [-0.2, 0) is 0 Å². The fourth-order valence-electron chi connectivity index (χ4n) is 1.62. The summed E-state index contributed by atoms with van der Waals surface area (Å²) < 4.78 is 0. The summed E-state index contributed by atoms with van der Waals surface area (Å²) in [5, 5.41) is 11.6. The zero-order valence-electron chi connectivity index (χ0n) is 9.85. The van der Waals surface area contributed by atoms with E-state index in [0.29, 0.717) is 12.6 Å². The fourth-order valence-corrected chi connectivity index (χ4v) is 1.62. The van der Waals surface area contributed by atoms with E-state index in [9.17, 15) is 0 Å². The maximum atomic E-state index is 5.49. The molecule has 0 aliphatic rings. The van der Waals surface area contributed by atoms with Gasteiger partial charge in [0.2, 0.25) is 0 Å². The van der Waals surface area contributed by atoms with Crippen molar-refractivity contribution in [2.24, 2.45) is 5.73 Å². The van der Waals surface area contributed by atoms with Crippen molar-refractivity contribution in [3.63, 3.8) is 0 Å². The Balaban J connectivity index is 2.03. The molecule has 2 aromatic heterocycles. The van der Waals surface area contributed by atoms with Crippen LogP contribution in [0.4, 0.5) is 5.82 Å². The molecule has 5 nitrogen and oxygen atoms in total. The van der Waals surface area contributed by atoms with Gasteiger partial charge in [-0.25, -0.2) is 0 Å². The van der Waals surface area contributed by atoms with Crippen molar-refractivity contribution >= 4 is 5.82 Å². The molecule has 1 unspecified atom stereocenters. The number of nitrogens with two attached hydrogens (primary N) is 1. The number of rotatable bonds is 5. The average Bonchev–Trinajstić information content (AvgIpc) is 2.84. The van der Waals surface area contributed by atoms with E-state index in [1.54, 1.807) is 0 Å². The minimum atomic E-state index is 0.312. The Morgan fingerprint density at radius 1 is 1.35 bits per heavy atom. The Hall–Kier alpha value is -1.88. The number of hydrogen-bond acceptors (Lipinski definition) is 4. The van der Waals surface area contributed by atoms with E-state index < -0.39 is 0 Å². The Bertz CT molecular complexity index is 434. The molecule has 0 amide bonds. The molecule has 1 atom stereocenters. The van der Waals surface area contributed by atoms with Crippen molar-refractivity contribution in [1.82, 2.24) is 15.2 Å².